The molecule has 0 aliphatic carbocycles. The van der Waals surface area contributed by atoms with Gasteiger partial charge in [0.05, 0.1) is 0 Å². The molecule has 0 bridgehead atoms. The van der Waals surface area contributed by atoms with Crippen molar-refractivity contribution in [3.8, 4) is 0 Å². The van der Waals surface area contributed by atoms with Crippen molar-refractivity contribution in [3.05, 3.63) is 18.0 Å². The fourth-order valence-electron chi connectivity index (χ4n) is 1.14. The number of nitrogens with zero attached hydrogens (tertiary/aromatic N) is 2. The van der Waals surface area contributed by atoms with Crippen molar-refractivity contribution < 1.29 is 13.6 Å². The van der Waals surface area contributed by atoms with Gasteiger partial charge in [0.25, 0.3) is 5.91 Å². The molecule has 1 rings (SSSR count). The number of alkyl halides is 2. The van der Waals surface area contributed by atoms with E-state index in [0.29, 0.717) is 4.68 Å². The van der Waals surface area contributed by atoms with Gasteiger partial charge in [0.2, 0.25) is 0 Å². The van der Waals surface area contributed by atoms with Gasteiger partial charge in [-0.2, -0.15) is 18.6 Å². The average Bonchev–Trinajstić information content (AvgIpc) is 2.63. The Morgan fingerprint density at radius 1 is 1.47 bits per heavy atom. The van der Waals surface area contributed by atoms with E-state index in [9.17, 15) is 13.6 Å². The lowest BCUT2D eigenvalue weighted by molar-refractivity contribution is 0.0503. The summed E-state index contributed by atoms with van der Waals surface area (Å²) >= 11 is 0. The van der Waals surface area contributed by atoms with Crippen LogP contribution in [0.5, 0.6) is 0 Å². The lowest BCUT2D eigenvalue weighted by Crippen LogP contribution is -2.42. The topological polar surface area (TPSA) is 46.9 Å². The van der Waals surface area contributed by atoms with Crippen LogP contribution in [0.2, 0.25) is 0 Å². The number of aromatic nitrogens is 2. The largest absolute Gasteiger partial charge is 0.348 e. The van der Waals surface area contributed by atoms with E-state index in [0.717, 1.165) is 0 Å². The third-order valence-corrected chi connectivity index (χ3v) is 2.73. The molecule has 0 aliphatic heterocycles. The Morgan fingerprint density at radius 3 is 2.53 bits per heavy atom. The number of rotatable bonds is 3. The Kier molecular flexibility index (Phi) is 3.85. The van der Waals surface area contributed by atoms with Crippen molar-refractivity contribution in [2.45, 2.75) is 40.3 Å². The summed E-state index contributed by atoms with van der Waals surface area (Å²) in [5, 5.41) is 6.10. The lowest BCUT2D eigenvalue weighted by Gasteiger charge is -2.28. The molecule has 4 nitrogen and oxygen atoms in total. The normalized spacial score (nSPS) is 13.8. The molecule has 1 aromatic rings. The second-order valence-electron chi connectivity index (χ2n) is 5.00. The van der Waals surface area contributed by atoms with Crippen molar-refractivity contribution in [2.24, 2.45) is 5.41 Å². The number of carbonyl (C=O) groups excluding carboxylic acids is 1. The molecule has 96 valence electrons. The lowest BCUT2D eigenvalue weighted by atomic mass is 9.88. The first kappa shape index (κ1) is 13.6. The van der Waals surface area contributed by atoms with Gasteiger partial charge < -0.3 is 5.32 Å². The molecule has 0 unspecified atom stereocenters. The maximum absolute atomic E-state index is 12.5. The van der Waals surface area contributed by atoms with E-state index >= 15 is 0 Å². The van der Waals surface area contributed by atoms with Gasteiger partial charge in [-0.3, -0.25) is 4.79 Å². The van der Waals surface area contributed by atoms with Gasteiger partial charge >= 0.3 is 6.55 Å². The maximum atomic E-state index is 12.5. The van der Waals surface area contributed by atoms with Gasteiger partial charge in [-0.05, 0) is 18.4 Å². The molecular formula is C11H17F2N3O. The molecule has 1 heterocycles. The number of amides is 1. The first-order valence-electron chi connectivity index (χ1n) is 5.36. The van der Waals surface area contributed by atoms with Crippen molar-refractivity contribution in [3.63, 3.8) is 0 Å². The molecular weight excluding hydrogens is 228 g/mol. The molecule has 0 aromatic carbocycles. The first-order valence-corrected chi connectivity index (χ1v) is 5.36. The molecule has 0 saturated heterocycles. The molecule has 6 heteroatoms. The zero-order valence-corrected chi connectivity index (χ0v) is 10.4. The summed E-state index contributed by atoms with van der Waals surface area (Å²) in [6.07, 6.45) is 1.18. The monoisotopic (exact) mass is 245 g/mol. The van der Waals surface area contributed by atoms with Gasteiger partial charge in [-0.25, -0.2) is 0 Å². The van der Waals surface area contributed by atoms with Gasteiger partial charge in [0, 0.05) is 12.2 Å². The van der Waals surface area contributed by atoms with Crippen LogP contribution in [0.4, 0.5) is 8.78 Å². The summed E-state index contributed by atoms with van der Waals surface area (Å²) in [4.78, 5) is 11.8. The van der Waals surface area contributed by atoms with E-state index in [1.165, 1.54) is 12.3 Å². The van der Waals surface area contributed by atoms with E-state index in [1.807, 2.05) is 27.7 Å². The Hall–Kier alpha value is -1.46. The molecule has 0 spiro atoms. The fraction of sp³-hybridized carbons (Fsp3) is 0.636. The highest BCUT2D eigenvalue weighted by molar-refractivity contribution is 5.92. The highest BCUT2D eigenvalue weighted by Gasteiger charge is 2.24. The Morgan fingerprint density at radius 2 is 2.06 bits per heavy atom. The third kappa shape index (κ3) is 3.25. The van der Waals surface area contributed by atoms with Crippen LogP contribution in [0.1, 0.15) is 44.7 Å². The van der Waals surface area contributed by atoms with Crippen LogP contribution in [0.3, 0.4) is 0 Å². The van der Waals surface area contributed by atoms with E-state index in [-0.39, 0.29) is 17.2 Å². The fourth-order valence-corrected chi connectivity index (χ4v) is 1.14. The standard InChI is InChI=1S/C11H17F2N3O/c1-7(11(2,3)4)15-9(17)8-5-6-14-16(8)10(12)13/h5-7,10H,1-4H3,(H,15,17)/t7-/m0/s1. The highest BCUT2D eigenvalue weighted by Crippen LogP contribution is 2.19. The summed E-state index contributed by atoms with van der Waals surface area (Å²) in [7, 11) is 0. The molecule has 0 radical (unpaired) electrons. The predicted octanol–water partition coefficient (Wildman–Crippen LogP) is 2.44. The summed E-state index contributed by atoms with van der Waals surface area (Å²) in [6, 6.07) is 1.15. The quantitative estimate of drug-likeness (QED) is 0.889. The number of hydrogen-bond donors (Lipinski definition) is 1. The van der Waals surface area contributed by atoms with Gasteiger partial charge in [0.1, 0.15) is 5.69 Å². The Balaban J connectivity index is 2.81. The number of carbonyl (C=O) groups is 1. The van der Waals surface area contributed by atoms with E-state index < -0.39 is 12.5 Å². The molecule has 1 aromatic heterocycles. The summed E-state index contributed by atoms with van der Waals surface area (Å²) in [6.45, 7) is 4.91. The Bertz CT molecular complexity index is 396. The molecule has 0 saturated carbocycles. The molecule has 0 fully saturated rings. The highest BCUT2D eigenvalue weighted by atomic mass is 19.3. The molecule has 1 N–H and O–H groups in total. The summed E-state index contributed by atoms with van der Waals surface area (Å²) in [5.74, 6) is -0.537. The first-order chi connectivity index (χ1) is 7.73. The molecule has 17 heavy (non-hydrogen) atoms. The minimum absolute atomic E-state index is 0.129. The zero-order chi connectivity index (χ0) is 13.2. The van der Waals surface area contributed by atoms with Gasteiger partial charge in [-0.15, -0.1) is 0 Å². The smallest absolute Gasteiger partial charge is 0.333 e. The molecule has 0 aliphatic rings. The number of nitrogens with one attached hydrogen (secondary N) is 1. The van der Waals surface area contributed by atoms with Gasteiger partial charge in [-0.1, -0.05) is 20.8 Å². The minimum atomic E-state index is -2.81. The molecule has 1 amide bonds. The zero-order valence-electron chi connectivity index (χ0n) is 10.4. The SMILES string of the molecule is C[C@H](NC(=O)c1ccnn1C(F)F)C(C)(C)C. The van der Waals surface area contributed by atoms with Crippen LogP contribution in [-0.4, -0.2) is 21.7 Å². The van der Waals surface area contributed by atoms with E-state index in [2.05, 4.69) is 10.4 Å². The van der Waals surface area contributed by atoms with Crippen molar-refractivity contribution >= 4 is 5.91 Å². The molecule has 1 atom stereocenters. The van der Waals surface area contributed by atoms with Crippen LogP contribution >= 0.6 is 0 Å². The second kappa shape index (κ2) is 4.81. The van der Waals surface area contributed by atoms with E-state index in [4.69, 9.17) is 0 Å². The van der Waals surface area contributed by atoms with Crippen molar-refractivity contribution in [1.29, 1.82) is 0 Å². The third-order valence-electron chi connectivity index (χ3n) is 2.73. The summed E-state index contributed by atoms with van der Waals surface area (Å²) < 4.78 is 25.4. The number of halogens is 2. The van der Waals surface area contributed by atoms with Crippen LogP contribution < -0.4 is 5.32 Å². The van der Waals surface area contributed by atoms with Crippen LogP contribution in [-0.2, 0) is 0 Å². The average molecular weight is 245 g/mol. The second-order valence-corrected chi connectivity index (χ2v) is 5.00. The van der Waals surface area contributed by atoms with Crippen molar-refractivity contribution in [1.82, 2.24) is 15.1 Å². The van der Waals surface area contributed by atoms with Crippen LogP contribution in [0.15, 0.2) is 12.3 Å². The minimum Gasteiger partial charge on any atom is -0.348 e. The van der Waals surface area contributed by atoms with E-state index in [1.54, 1.807) is 0 Å². The van der Waals surface area contributed by atoms with Crippen LogP contribution in [0, 0.1) is 5.41 Å². The predicted molar refractivity (Wildman–Crippen MR) is 59.9 cm³/mol. The maximum Gasteiger partial charge on any atom is 0.333 e. The summed E-state index contributed by atoms with van der Waals surface area (Å²) in [5.41, 5.74) is -0.262. The van der Waals surface area contributed by atoms with Gasteiger partial charge in [0.15, 0.2) is 0 Å². The van der Waals surface area contributed by atoms with Crippen LogP contribution in [0.25, 0.3) is 0 Å². The van der Waals surface area contributed by atoms with Crippen molar-refractivity contribution in [2.75, 3.05) is 0 Å². The Labute approximate surface area is 99.0 Å². The number of hydrogen-bond acceptors (Lipinski definition) is 2.